The number of aliphatic hydroxyl groups excluding tert-OH is 1. The first kappa shape index (κ1) is 30.5. The van der Waals surface area contributed by atoms with Crippen molar-refractivity contribution < 1.29 is 29.3 Å². The van der Waals surface area contributed by atoms with Crippen molar-refractivity contribution in [1.29, 1.82) is 0 Å². The third-order valence-electron chi connectivity index (χ3n) is 4.01. The van der Waals surface area contributed by atoms with E-state index in [-0.39, 0.29) is 25.0 Å². The van der Waals surface area contributed by atoms with Crippen molar-refractivity contribution in [2.45, 2.75) is 92.4 Å². The highest BCUT2D eigenvalue weighted by atomic mass is 16.6. The van der Waals surface area contributed by atoms with Gasteiger partial charge in [0.2, 0.25) is 0 Å². The molecule has 6 heteroatoms. The van der Waals surface area contributed by atoms with E-state index in [4.69, 9.17) is 19.7 Å². The van der Waals surface area contributed by atoms with Crippen LogP contribution in [-0.2, 0) is 19.1 Å². The zero-order valence-corrected chi connectivity index (χ0v) is 18.0. The smallest absolute Gasteiger partial charge is 0.290 e. The van der Waals surface area contributed by atoms with Gasteiger partial charge in [-0.3, -0.25) is 9.59 Å². The van der Waals surface area contributed by atoms with Crippen molar-refractivity contribution in [3.8, 4) is 0 Å². The van der Waals surface area contributed by atoms with E-state index >= 15 is 0 Å². The summed E-state index contributed by atoms with van der Waals surface area (Å²) in [7, 11) is 0. The van der Waals surface area contributed by atoms with Gasteiger partial charge in [0.05, 0.1) is 6.61 Å². The summed E-state index contributed by atoms with van der Waals surface area (Å²) in [5.41, 5.74) is 0. The van der Waals surface area contributed by atoms with E-state index in [1.54, 1.807) is 6.92 Å². The largest absolute Gasteiger partial charge is 0.483 e. The molecule has 0 aliphatic carbocycles. The van der Waals surface area contributed by atoms with Gasteiger partial charge in [0.25, 0.3) is 6.47 Å². The fourth-order valence-electron chi connectivity index (χ4n) is 2.67. The van der Waals surface area contributed by atoms with Gasteiger partial charge < -0.3 is 19.7 Å². The van der Waals surface area contributed by atoms with Crippen molar-refractivity contribution in [2.24, 2.45) is 11.8 Å². The summed E-state index contributed by atoms with van der Waals surface area (Å²) in [6.45, 7) is 10.0. The van der Waals surface area contributed by atoms with Crippen LogP contribution in [0.3, 0.4) is 0 Å². The van der Waals surface area contributed by atoms with E-state index in [0.29, 0.717) is 18.8 Å². The van der Waals surface area contributed by atoms with Crippen LogP contribution in [0.25, 0.3) is 0 Å². The number of ketones is 2. The Kier molecular flexibility index (Phi) is 27.9. The van der Waals surface area contributed by atoms with Crippen LogP contribution in [0.2, 0.25) is 0 Å². The maximum atomic E-state index is 11.5. The number of Topliss-reactive ketones (excluding diaryl/α,β-unsaturated/α-hetero) is 2. The molecule has 0 aliphatic rings. The van der Waals surface area contributed by atoms with Gasteiger partial charge in [0.1, 0.15) is 18.4 Å². The molecular weight excluding hydrogens is 348 g/mol. The molecule has 0 amide bonds. The molecule has 0 bridgehead atoms. The third kappa shape index (κ3) is 27.1. The normalized spacial score (nSPS) is 11.9. The second-order valence-electron chi connectivity index (χ2n) is 6.80. The van der Waals surface area contributed by atoms with Crippen molar-refractivity contribution in [3.63, 3.8) is 0 Å². The van der Waals surface area contributed by atoms with Crippen molar-refractivity contribution in [3.05, 3.63) is 0 Å². The minimum absolute atomic E-state index is 0.0166. The molecular formula is C21H42O6. The molecule has 2 atom stereocenters. The molecule has 0 aliphatic heterocycles. The second-order valence-corrected chi connectivity index (χ2v) is 6.80. The Hall–Kier alpha value is -1.27. The van der Waals surface area contributed by atoms with Crippen LogP contribution >= 0.6 is 0 Å². The highest BCUT2D eigenvalue weighted by Gasteiger charge is 2.16. The Balaban J connectivity index is -0.000000376. The van der Waals surface area contributed by atoms with Gasteiger partial charge in [-0.2, -0.15) is 0 Å². The number of hydrogen-bond acceptors (Lipinski definition) is 5. The average Bonchev–Trinajstić information content (AvgIpc) is 2.60. The molecule has 27 heavy (non-hydrogen) atoms. The topological polar surface area (TPSA) is 101 Å². The molecule has 0 rings (SSSR count). The minimum Gasteiger partial charge on any atom is -0.483 e. The SMILES string of the molecule is CCCC(=O)[C@@H](CCC)COCO.CCC[C@@H](C)CCCC(C)=O.O=CO. The molecule has 0 spiro atoms. The Morgan fingerprint density at radius 2 is 1.56 bits per heavy atom. The Morgan fingerprint density at radius 1 is 1.00 bits per heavy atom. The number of carbonyl (C=O) groups excluding carboxylic acids is 2. The summed E-state index contributed by atoms with van der Waals surface area (Å²) in [5, 5.41) is 15.4. The molecule has 6 nitrogen and oxygen atoms in total. The predicted octanol–water partition coefficient (Wildman–Crippen LogP) is 4.62. The molecule has 0 heterocycles. The maximum absolute atomic E-state index is 11.5. The fourth-order valence-corrected chi connectivity index (χ4v) is 2.67. The fraction of sp³-hybridized carbons (Fsp3) is 0.857. The van der Waals surface area contributed by atoms with Crippen molar-refractivity contribution in [2.75, 3.05) is 13.4 Å². The number of hydrogen-bond donors (Lipinski definition) is 2. The molecule has 0 radical (unpaired) electrons. The number of ether oxygens (including phenoxy) is 1. The minimum atomic E-state index is -0.292. The molecule has 0 aromatic heterocycles. The van der Waals surface area contributed by atoms with Crippen LogP contribution in [0.5, 0.6) is 0 Å². The lowest BCUT2D eigenvalue weighted by Crippen LogP contribution is -2.20. The Bertz CT molecular complexity index is 344. The second kappa shape index (κ2) is 24.7. The first-order valence-corrected chi connectivity index (χ1v) is 10.1. The standard InChI is InChI=1S/C10H20O3.C10H20O.CH2O2/c1-3-5-9(7-13-8-11)10(12)6-4-2;1-4-6-9(2)7-5-8-10(3)11;2-1-3/h9,11H,3-8H2,1-2H3;9H,4-8H2,1-3H3;1H,(H,2,3)/t2*9-;/m01./s1. The van der Waals surface area contributed by atoms with E-state index in [1.807, 2.05) is 13.8 Å². The van der Waals surface area contributed by atoms with Crippen LogP contribution in [0.15, 0.2) is 0 Å². The average molecular weight is 391 g/mol. The summed E-state index contributed by atoms with van der Waals surface area (Å²) < 4.78 is 4.85. The number of carbonyl (C=O) groups is 3. The predicted molar refractivity (Wildman–Crippen MR) is 109 cm³/mol. The van der Waals surface area contributed by atoms with Gasteiger partial charge in [0.15, 0.2) is 0 Å². The van der Waals surface area contributed by atoms with Gasteiger partial charge in [-0.15, -0.1) is 0 Å². The van der Waals surface area contributed by atoms with Crippen LogP contribution < -0.4 is 0 Å². The lowest BCUT2D eigenvalue weighted by atomic mass is 9.97. The number of carboxylic acid groups (broad SMARTS) is 1. The highest BCUT2D eigenvalue weighted by molar-refractivity contribution is 5.81. The molecule has 2 N–H and O–H groups in total. The van der Waals surface area contributed by atoms with E-state index in [2.05, 4.69) is 13.8 Å². The van der Waals surface area contributed by atoms with Crippen LogP contribution in [0.1, 0.15) is 92.4 Å². The molecule has 0 aromatic carbocycles. The quantitative estimate of drug-likeness (QED) is 0.331. The van der Waals surface area contributed by atoms with Gasteiger partial charge in [-0.1, -0.05) is 53.4 Å². The molecule has 0 unspecified atom stereocenters. The zero-order chi connectivity index (χ0) is 21.5. The first-order chi connectivity index (χ1) is 12.8. The highest BCUT2D eigenvalue weighted by Crippen LogP contribution is 2.13. The molecule has 0 aromatic rings. The number of aliphatic hydroxyl groups is 1. The number of rotatable bonds is 14. The summed E-state index contributed by atoms with van der Waals surface area (Å²) in [6.07, 6.45) is 8.99. The van der Waals surface area contributed by atoms with Crippen molar-refractivity contribution >= 4 is 18.0 Å². The van der Waals surface area contributed by atoms with Crippen molar-refractivity contribution in [1.82, 2.24) is 0 Å². The van der Waals surface area contributed by atoms with Crippen LogP contribution in [0.4, 0.5) is 0 Å². The van der Waals surface area contributed by atoms with Gasteiger partial charge in [-0.25, -0.2) is 0 Å². The Morgan fingerprint density at radius 3 is 1.96 bits per heavy atom. The van der Waals surface area contributed by atoms with Crippen LogP contribution in [0, 0.1) is 11.8 Å². The summed E-state index contributed by atoms with van der Waals surface area (Å²) in [6, 6.07) is 0. The lowest BCUT2D eigenvalue weighted by Gasteiger charge is -2.13. The summed E-state index contributed by atoms with van der Waals surface area (Å²) in [4.78, 5) is 30.4. The van der Waals surface area contributed by atoms with Gasteiger partial charge in [0, 0.05) is 18.8 Å². The summed E-state index contributed by atoms with van der Waals surface area (Å²) in [5.74, 6) is 1.38. The molecule has 0 saturated carbocycles. The van der Waals surface area contributed by atoms with E-state index in [0.717, 1.165) is 38.0 Å². The van der Waals surface area contributed by atoms with E-state index in [9.17, 15) is 9.59 Å². The Labute approximate surface area is 165 Å². The summed E-state index contributed by atoms with van der Waals surface area (Å²) >= 11 is 0. The monoisotopic (exact) mass is 390 g/mol. The van der Waals surface area contributed by atoms with Crippen LogP contribution in [-0.4, -0.2) is 41.7 Å². The first-order valence-electron chi connectivity index (χ1n) is 10.1. The molecule has 0 saturated heterocycles. The molecule has 0 fully saturated rings. The lowest BCUT2D eigenvalue weighted by molar-refractivity contribution is -0.126. The van der Waals surface area contributed by atoms with Gasteiger partial charge >= 0.3 is 0 Å². The maximum Gasteiger partial charge on any atom is 0.290 e. The molecule has 162 valence electrons. The van der Waals surface area contributed by atoms with E-state index in [1.165, 1.54) is 19.3 Å². The third-order valence-corrected chi connectivity index (χ3v) is 4.01. The zero-order valence-electron chi connectivity index (χ0n) is 18.0. The van der Waals surface area contributed by atoms with E-state index < -0.39 is 0 Å². The van der Waals surface area contributed by atoms with Gasteiger partial charge in [-0.05, 0) is 32.1 Å².